The fraction of sp³-hybridized carbons (Fsp3) is 0.333. The molecule has 0 radical (unpaired) electrons. The molecule has 264 valence electrons. The first-order valence-electron chi connectivity index (χ1n) is 16.3. The quantitative estimate of drug-likeness (QED) is 0.0735. The van der Waals surface area contributed by atoms with Gasteiger partial charge in [0.2, 0.25) is 0 Å². The Labute approximate surface area is 303 Å². The second-order valence-electron chi connectivity index (χ2n) is 13.1. The lowest BCUT2D eigenvalue weighted by molar-refractivity contribution is 0.393. The van der Waals surface area contributed by atoms with Crippen LogP contribution in [0.1, 0.15) is 24.0 Å². The highest BCUT2D eigenvalue weighted by Gasteiger charge is 2.33. The Morgan fingerprint density at radius 2 is 0.918 bits per heavy atom. The predicted molar refractivity (Wildman–Crippen MR) is 209 cm³/mol. The highest BCUT2D eigenvalue weighted by molar-refractivity contribution is 7.92. The normalized spacial score (nSPS) is 14.4. The van der Waals surface area contributed by atoms with Crippen LogP contribution in [-0.4, -0.2) is 30.9 Å². The summed E-state index contributed by atoms with van der Waals surface area (Å²) in [6, 6.07) is 30.9. The minimum Gasteiger partial charge on any atom is -0.493 e. The van der Waals surface area contributed by atoms with E-state index in [9.17, 15) is 9.13 Å². The van der Waals surface area contributed by atoms with Crippen molar-refractivity contribution in [1.82, 2.24) is 0 Å². The first-order chi connectivity index (χ1) is 23.1. The van der Waals surface area contributed by atoms with Gasteiger partial charge in [0, 0.05) is 0 Å². The number of benzene rings is 4. The Bertz CT molecular complexity index is 1650. The van der Waals surface area contributed by atoms with Crippen molar-refractivity contribution in [2.45, 2.75) is 64.0 Å². The number of methoxy groups -OCH3 is 2. The Hall–Kier alpha value is -2.49. The van der Waals surface area contributed by atoms with Gasteiger partial charge in [0.15, 0.2) is 39.6 Å². The summed E-state index contributed by atoms with van der Waals surface area (Å²) in [5, 5.41) is 0.873. The summed E-state index contributed by atoms with van der Waals surface area (Å²) in [7, 11) is -0.710. The highest BCUT2D eigenvalue weighted by atomic mass is 35.7. The summed E-state index contributed by atoms with van der Waals surface area (Å²) in [5.74, 6) is 1.71. The molecule has 0 fully saturated rings. The van der Waals surface area contributed by atoms with Gasteiger partial charge in [0.05, 0.1) is 24.8 Å². The number of halogens is 2. The van der Waals surface area contributed by atoms with E-state index in [1.165, 1.54) is 0 Å². The van der Waals surface area contributed by atoms with Crippen LogP contribution in [0.15, 0.2) is 97.1 Å². The molecule has 0 saturated heterocycles. The average Bonchev–Trinajstić information content (AvgIpc) is 3.06. The van der Waals surface area contributed by atoms with Crippen LogP contribution in [0.4, 0.5) is 0 Å². The third kappa shape index (κ3) is 11.8. The Kier molecular flexibility index (Phi) is 13.8. The van der Waals surface area contributed by atoms with Crippen molar-refractivity contribution < 1.29 is 31.8 Å². The summed E-state index contributed by atoms with van der Waals surface area (Å²) < 4.78 is 55.6. The van der Waals surface area contributed by atoms with Crippen LogP contribution >= 0.6 is 35.9 Å². The van der Waals surface area contributed by atoms with Gasteiger partial charge in [-0.1, -0.05) is 48.5 Å². The van der Waals surface area contributed by atoms with Gasteiger partial charge < -0.3 is 22.6 Å². The van der Waals surface area contributed by atoms with Crippen LogP contribution in [0.25, 0.3) is 0 Å². The minimum atomic E-state index is -3.57. The summed E-state index contributed by atoms with van der Waals surface area (Å²) in [4.78, 5) is 0. The highest BCUT2D eigenvalue weighted by Crippen LogP contribution is 2.54. The zero-order valence-corrected chi connectivity index (χ0v) is 34.3. The molecule has 0 saturated carbocycles. The van der Waals surface area contributed by atoms with Crippen LogP contribution in [0.2, 0.25) is 38.3 Å². The number of hydrogen-bond donors (Lipinski definition) is 0. The average molecular weight is 780 g/mol. The van der Waals surface area contributed by atoms with Crippen LogP contribution in [0, 0.1) is 0 Å². The van der Waals surface area contributed by atoms with Crippen molar-refractivity contribution in [3.8, 4) is 23.0 Å². The molecule has 7 nitrogen and oxygen atoms in total. The molecule has 0 aliphatic heterocycles. The van der Waals surface area contributed by atoms with Crippen molar-refractivity contribution in [2.24, 2.45) is 0 Å². The topological polar surface area (TPSA) is 80.3 Å². The Morgan fingerprint density at radius 3 is 1.27 bits per heavy atom. The molecule has 0 amide bonds. The van der Waals surface area contributed by atoms with E-state index in [1.807, 2.05) is 36.4 Å². The van der Waals surface area contributed by atoms with E-state index in [4.69, 9.17) is 45.1 Å². The zero-order chi connectivity index (χ0) is 35.7. The summed E-state index contributed by atoms with van der Waals surface area (Å²) in [6.45, 7) is 2.06. The second-order valence-corrected chi connectivity index (χ2v) is 28.0. The molecule has 0 spiro atoms. The van der Waals surface area contributed by atoms with E-state index < -0.39 is 30.1 Å². The molecule has 0 heterocycles. The van der Waals surface area contributed by atoms with Crippen LogP contribution in [-0.2, 0) is 26.1 Å². The smallest absolute Gasteiger partial charge is 0.366 e. The number of hydrogen-bond acceptors (Lipinski definition) is 7. The largest absolute Gasteiger partial charge is 0.493 e. The fourth-order valence-corrected chi connectivity index (χ4v) is 17.8. The third-order valence-corrected chi connectivity index (χ3v) is 19.9. The molecular formula is C36H46Cl2O7P2Si2. The number of aryl methyl sites for hydroxylation is 2. The van der Waals surface area contributed by atoms with Gasteiger partial charge in [0.1, 0.15) is 0 Å². The van der Waals surface area contributed by atoms with Gasteiger partial charge in [-0.3, -0.25) is 9.13 Å². The van der Waals surface area contributed by atoms with E-state index in [-0.39, 0.29) is 0 Å². The maximum Gasteiger partial charge on any atom is 0.366 e. The number of rotatable bonds is 18. The van der Waals surface area contributed by atoms with Crippen LogP contribution in [0.5, 0.6) is 23.0 Å². The van der Waals surface area contributed by atoms with Crippen LogP contribution < -0.4 is 29.1 Å². The molecule has 4 aromatic rings. The van der Waals surface area contributed by atoms with E-state index in [1.54, 1.807) is 74.9 Å². The summed E-state index contributed by atoms with van der Waals surface area (Å²) in [6.07, 6.45) is 3.70. The predicted octanol–water partition coefficient (Wildman–Crippen LogP) is 11.0. The standard InChI is InChI=1S/C36H46Cl2O7P2Si2/c1-41-35-27-29(21-23-33(35)43-46(37,39)31-17-9-7-10-18-31)15-13-25-48(3,4)45-49(5,6)26-14-16-30-22-24-34(36(28-30)42-2)44-47(38,40)32-19-11-8-12-20-32/h7-12,17-24,27-28H,13-16,25-26H2,1-6H3. The van der Waals surface area contributed by atoms with Gasteiger partial charge in [-0.15, -0.1) is 0 Å². The van der Waals surface area contributed by atoms with Crippen LogP contribution in [0.3, 0.4) is 0 Å². The van der Waals surface area contributed by atoms with Gasteiger partial charge >= 0.3 is 13.4 Å². The van der Waals surface area contributed by atoms with Gasteiger partial charge in [-0.05, 0) is 146 Å². The zero-order valence-electron chi connectivity index (χ0n) is 29.0. The molecule has 13 heteroatoms. The van der Waals surface area contributed by atoms with Gasteiger partial charge in [0.25, 0.3) is 0 Å². The van der Waals surface area contributed by atoms with Gasteiger partial charge in [-0.2, -0.15) is 0 Å². The van der Waals surface area contributed by atoms with Crippen molar-refractivity contribution in [2.75, 3.05) is 14.2 Å². The first-order valence-corrected chi connectivity index (χ1v) is 27.6. The monoisotopic (exact) mass is 778 g/mol. The van der Waals surface area contributed by atoms with E-state index >= 15 is 0 Å². The maximum atomic E-state index is 13.1. The van der Waals surface area contributed by atoms with E-state index in [0.717, 1.165) is 48.9 Å². The van der Waals surface area contributed by atoms with Gasteiger partial charge in [-0.25, -0.2) is 0 Å². The molecule has 0 bridgehead atoms. The molecular weight excluding hydrogens is 733 g/mol. The van der Waals surface area contributed by atoms with E-state index in [2.05, 4.69) is 26.2 Å². The number of ether oxygens (including phenoxy) is 2. The lowest BCUT2D eigenvalue weighted by Crippen LogP contribution is -2.44. The van der Waals surface area contributed by atoms with Crippen molar-refractivity contribution in [1.29, 1.82) is 0 Å². The molecule has 0 N–H and O–H groups in total. The van der Waals surface area contributed by atoms with E-state index in [0.29, 0.717) is 33.6 Å². The first kappa shape index (κ1) is 39.3. The van der Waals surface area contributed by atoms with Crippen molar-refractivity contribution in [3.05, 3.63) is 108 Å². The maximum absolute atomic E-state index is 13.1. The van der Waals surface area contributed by atoms with Crippen molar-refractivity contribution in [3.63, 3.8) is 0 Å². The molecule has 2 unspecified atom stereocenters. The molecule has 0 aliphatic rings. The fourth-order valence-electron chi connectivity index (χ4n) is 5.74. The van der Waals surface area contributed by atoms with Crippen molar-refractivity contribution >= 4 is 63.2 Å². The molecule has 2 atom stereocenters. The molecule has 49 heavy (non-hydrogen) atoms. The summed E-state index contributed by atoms with van der Waals surface area (Å²) in [5.41, 5.74) is 2.21. The molecule has 4 aromatic carbocycles. The minimum absolute atomic E-state index is 0.353. The second kappa shape index (κ2) is 17.2. The molecule has 0 aliphatic carbocycles. The third-order valence-electron chi connectivity index (χ3n) is 8.06. The molecule has 4 rings (SSSR count). The SMILES string of the molecule is COc1cc(CCC[Si](C)(C)O[Si](C)(C)CCCc2ccc(OP(=O)(Cl)c3ccccc3)c(OC)c2)ccc1OP(=O)(Cl)c1ccccc1. The Balaban J connectivity index is 1.26. The summed E-state index contributed by atoms with van der Waals surface area (Å²) >= 11 is 12.6. The lowest BCUT2D eigenvalue weighted by atomic mass is 10.1. The lowest BCUT2D eigenvalue weighted by Gasteiger charge is -2.34. The molecule has 0 aromatic heterocycles. The Morgan fingerprint density at radius 1 is 0.551 bits per heavy atom.